The van der Waals surface area contributed by atoms with Crippen molar-refractivity contribution in [2.24, 2.45) is 0 Å². The van der Waals surface area contributed by atoms with Crippen molar-refractivity contribution in [2.75, 3.05) is 42.1 Å². The number of hydrogen-bond acceptors (Lipinski definition) is 7. The average Bonchev–Trinajstić information content (AvgIpc) is 2.55. The summed E-state index contributed by atoms with van der Waals surface area (Å²) in [5.74, 6) is 0.945. The number of carbonyl (C=O) groups is 1. The lowest BCUT2D eigenvalue weighted by Crippen LogP contribution is -2.48. The highest BCUT2D eigenvalue weighted by atomic mass is 16.2. The zero-order valence-corrected chi connectivity index (χ0v) is 12.7. The molecule has 0 spiro atoms. The van der Waals surface area contributed by atoms with Gasteiger partial charge in [-0.1, -0.05) is 30.3 Å². The summed E-state index contributed by atoms with van der Waals surface area (Å²) in [6, 6.07) is 10.2. The SMILES string of the molecule is Nc1nc(NCCc2ccccc2)nc(N2CCNC(=O)C2)n1. The Hall–Kier alpha value is -2.90. The van der Waals surface area contributed by atoms with Crippen LogP contribution in [0.2, 0.25) is 0 Å². The van der Waals surface area contributed by atoms with E-state index in [2.05, 4.69) is 37.7 Å². The van der Waals surface area contributed by atoms with Gasteiger partial charge >= 0.3 is 0 Å². The number of piperazine rings is 1. The summed E-state index contributed by atoms with van der Waals surface area (Å²) in [4.78, 5) is 25.8. The van der Waals surface area contributed by atoms with Gasteiger partial charge in [0.2, 0.25) is 23.8 Å². The minimum atomic E-state index is -0.0474. The Balaban J connectivity index is 1.64. The number of rotatable bonds is 5. The summed E-state index contributed by atoms with van der Waals surface area (Å²) in [5.41, 5.74) is 6.99. The van der Waals surface area contributed by atoms with Gasteiger partial charge in [-0.05, 0) is 12.0 Å². The van der Waals surface area contributed by atoms with Gasteiger partial charge in [0, 0.05) is 19.6 Å². The molecule has 1 amide bonds. The number of nitrogen functional groups attached to an aromatic ring is 1. The smallest absolute Gasteiger partial charge is 0.239 e. The molecule has 1 saturated heterocycles. The van der Waals surface area contributed by atoms with E-state index in [1.807, 2.05) is 18.2 Å². The Morgan fingerprint density at radius 2 is 2.04 bits per heavy atom. The van der Waals surface area contributed by atoms with Crippen LogP contribution in [0.4, 0.5) is 17.8 Å². The fraction of sp³-hybridized carbons (Fsp3) is 0.333. The molecular weight excluding hydrogens is 294 g/mol. The number of nitrogens with two attached hydrogens (primary N) is 1. The van der Waals surface area contributed by atoms with Gasteiger partial charge in [0.25, 0.3) is 0 Å². The van der Waals surface area contributed by atoms with E-state index in [0.717, 1.165) is 6.42 Å². The van der Waals surface area contributed by atoms with E-state index in [9.17, 15) is 4.79 Å². The lowest BCUT2D eigenvalue weighted by molar-refractivity contribution is -0.120. The Labute approximate surface area is 134 Å². The van der Waals surface area contributed by atoms with Crippen molar-refractivity contribution in [1.82, 2.24) is 20.3 Å². The molecule has 0 saturated carbocycles. The quantitative estimate of drug-likeness (QED) is 0.715. The Morgan fingerprint density at radius 3 is 2.83 bits per heavy atom. The average molecular weight is 313 g/mol. The van der Waals surface area contributed by atoms with E-state index in [1.54, 1.807) is 4.90 Å². The minimum Gasteiger partial charge on any atom is -0.368 e. The highest BCUT2D eigenvalue weighted by Gasteiger charge is 2.19. The van der Waals surface area contributed by atoms with Crippen LogP contribution < -0.4 is 21.3 Å². The number of amides is 1. The van der Waals surface area contributed by atoms with Crippen LogP contribution in [0.3, 0.4) is 0 Å². The van der Waals surface area contributed by atoms with Gasteiger partial charge in [-0.2, -0.15) is 15.0 Å². The number of nitrogens with zero attached hydrogens (tertiary/aromatic N) is 4. The monoisotopic (exact) mass is 313 g/mol. The van der Waals surface area contributed by atoms with Crippen LogP contribution in [-0.4, -0.2) is 47.0 Å². The standard InChI is InChI=1S/C15H19N7O/c16-13-19-14(18-7-6-11-4-2-1-3-5-11)21-15(20-13)22-9-8-17-12(23)10-22/h1-5H,6-10H2,(H,17,23)(H3,16,18,19,20,21). The second kappa shape index (κ2) is 6.91. The third-order valence-corrected chi connectivity index (χ3v) is 3.50. The summed E-state index contributed by atoms with van der Waals surface area (Å²) < 4.78 is 0. The van der Waals surface area contributed by atoms with Crippen LogP contribution in [0.1, 0.15) is 5.56 Å². The molecule has 23 heavy (non-hydrogen) atoms. The maximum Gasteiger partial charge on any atom is 0.239 e. The molecule has 4 N–H and O–H groups in total. The van der Waals surface area contributed by atoms with Crippen LogP contribution >= 0.6 is 0 Å². The molecule has 1 fully saturated rings. The third-order valence-electron chi connectivity index (χ3n) is 3.50. The summed E-state index contributed by atoms with van der Waals surface area (Å²) in [7, 11) is 0. The largest absolute Gasteiger partial charge is 0.368 e. The fourth-order valence-corrected chi connectivity index (χ4v) is 2.37. The van der Waals surface area contributed by atoms with Crippen molar-refractivity contribution in [3.05, 3.63) is 35.9 Å². The molecule has 1 aromatic heterocycles. The molecule has 2 heterocycles. The first-order chi connectivity index (χ1) is 11.2. The van der Waals surface area contributed by atoms with Gasteiger partial charge in [0.15, 0.2) is 0 Å². The Bertz CT molecular complexity index is 677. The maximum absolute atomic E-state index is 11.5. The van der Waals surface area contributed by atoms with Crippen molar-refractivity contribution in [3.8, 4) is 0 Å². The van der Waals surface area contributed by atoms with Crippen molar-refractivity contribution in [2.45, 2.75) is 6.42 Å². The molecule has 1 aliphatic rings. The first-order valence-electron chi connectivity index (χ1n) is 7.52. The second-order valence-electron chi connectivity index (χ2n) is 5.25. The number of hydrogen-bond donors (Lipinski definition) is 3. The molecule has 2 aromatic rings. The number of anilines is 3. The summed E-state index contributed by atoms with van der Waals surface area (Å²) in [6.07, 6.45) is 0.855. The Kier molecular flexibility index (Phi) is 4.51. The molecule has 1 aliphatic heterocycles. The van der Waals surface area contributed by atoms with Crippen LogP contribution in [0.5, 0.6) is 0 Å². The maximum atomic E-state index is 11.5. The first-order valence-corrected chi connectivity index (χ1v) is 7.52. The molecule has 1 aromatic carbocycles. The Morgan fingerprint density at radius 1 is 1.22 bits per heavy atom. The van der Waals surface area contributed by atoms with E-state index in [0.29, 0.717) is 31.5 Å². The van der Waals surface area contributed by atoms with Crippen molar-refractivity contribution in [3.63, 3.8) is 0 Å². The van der Waals surface area contributed by atoms with Gasteiger partial charge in [-0.25, -0.2) is 0 Å². The normalized spacial score (nSPS) is 14.4. The number of nitrogens with one attached hydrogen (secondary N) is 2. The zero-order chi connectivity index (χ0) is 16.1. The van der Waals surface area contributed by atoms with E-state index in [-0.39, 0.29) is 18.4 Å². The highest BCUT2D eigenvalue weighted by Crippen LogP contribution is 2.13. The lowest BCUT2D eigenvalue weighted by atomic mass is 10.1. The van der Waals surface area contributed by atoms with Crippen molar-refractivity contribution in [1.29, 1.82) is 0 Å². The molecule has 0 unspecified atom stereocenters. The van der Waals surface area contributed by atoms with E-state index in [4.69, 9.17) is 5.73 Å². The van der Waals surface area contributed by atoms with Gasteiger partial charge in [0.05, 0.1) is 6.54 Å². The van der Waals surface area contributed by atoms with E-state index < -0.39 is 0 Å². The summed E-state index contributed by atoms with van der Waals surface area (Å²) in [5, 5.41) is 5.92. The van der Waals surface area contributed by atoms with E-state index in [1.165, 1.54) is 5.56 Å². The molecule has 0 radical (unpaired) electrons. The molecular formula is C15H19N7O. The van der Waals surface area contributed by atoms with Crippen LogP contribution in [0.25, 0.3) is 0 Å². The lowest BCUT2D eigenvalue weighted by Gasteiger charge is -2.26. The van der Waals surface area contributed by atoms with Crippen molar-refractivity contribution >= 4 is 23.8 Å². The zero-order valence-electron chi connectivity index (χ0n) is 12.7. The fourth-order valence-electron chi connectivity index (χ4n) is 2.37. The van der Waals surface area contributed by atoms with Gasteiger partial charge in [0.1, 0.15) is 0 Å². The molecule has 0 aliphatic carbocycles. The summed E-state index contributed by atoms with van der Waals surface area (Å²) in [6.45, 7) is 2.14. The molecule has 0 atom stereocenters. The number of carbonyl (C=O) groups excluding carboxylic acids is 1. The van der Waals surface area contributed by atoms with Gasteiger partial charge in [-0.15, -0.1) is 0 Å². The highest BCUT2D eigenvalue weighted by molar-refractivity contribution is 5.82. The number of aromatic nitrogens is 3. The topological polar surface area (TPSA) is 109 Å². The van der Waals surface area contributed by atoms with Crippen LogP contribution in [-0.2, 0) is 11.2 Å². The van der Waals surface area contributed by atoms with E-state index >= 15 is 0 Å². The second-order valence-corrected chi connectivity index (χ2v) is 5.25. The molecule has 8 nitrogen and oxygen atoms in total. The third kappa shape index (κ3) is 4.06. The summed E-state index contributed by atoms with van der Waals surface area (Å²) >= 11 is 0. The number of benzene rings is 1. The first kappa shape index (κ1) is 15.0. The molecule has 3 rings (SSSR count). The van der Waals surface area contributed by atoms with Crippen molar-refractivity contribution < 1.29 is 4.79 Å². The van der Waals surface area contributed by atoms with Crippen LogP contribution in [0.15, 0.2) is 30.3 Å². The molecule has 120 valence electrons. The van der Waals surface area contributed by atoms with Gasteiger partial charge < -0.3 is 21.3 Å². The molecule has 8 heteroatoms. The van der Waals surface area contributed by atoms with Crippen LogP contribution in [0, 0.1) is 0 Å². The predicted molar refractivity (Wildman–Crippen MR) is 88.1 cm³/mol. The van der Waals surface area contributed by atoms with Gasteiger partial charge in [-0.3, -0.25) is 4.79 Å². The minimum absolute atomic E-state index is 0.0474. The predicted octanol–water partition coefficient (Wildman–Crippen LogP) is 0.0446. The molecule has 0 bridgehead atoms.